The van der Waals surface area contributed by atoms with Gasteiger partial charge in [0.15, 0.2) is 0 Å². The number of nitrogens with one attached hydrogen (secondary N) is 2. The zero-order valence-electron chi connectivity index (χ0n) is 22.1. The molecule has 2 aliphatic rings. The van der Waals surface area contributed by atoms with Crippen LogP contribution in [0, 0.1) is 0 Å². The van der Waals surface area contributed by atoms with Crippen LogP contribution in [0.5, 0.6) is 5.75 Å². The number of piperidine rings is 1. The summed E-state index contributed by atoms with van der Waals surface area (Å²) in [6.45, 7) is 0.774. The highest BCUT2D eigenvalue weighted by molar-refractivity contribution is 6.17. The molecule has 11 heteroatoms. The second-order valence-electron chi connectivity index (χ2n) is 9.67. The third-order valence-corrected chi connectivity index (χ3v) is 7.14. The summed E-state index contributed by atoms with van der Waals surface area (Å²) in [5.41, 5.74) is 3.20. The van der Waals surface area contributed by atoms with Crippen LogP contribution in [0.1, 0.15) is 52.0 Å². The van der Waals surface area contributed by atoms with Gasteiger partial charge in [-0.1, -0.05) is 6.07 Å². The number of azo groups is 1. The fraction of sp³-hybridized carbons (Fsp3) is 0.267. The van der Waals surface area contributed by atoms with Gasteiger partial charge in [-0.25, -0.2) is 0 Å². The number of ether oxygens (including phenoxy) is 1. The monoisotopic (exact) mass is 573 g/mol. The summed E-state index contributed by atoms with van der Waals surface area (Å²) in [5.74, 6) is -0.0979. The first kappa shape index (κ1) is 28.0. The lowest BCUT2D eigenvalue weighted by Gasteiger charge is -2.29. The molecule has 1 atom stereocenters. The molecule has 0 bridgehead atoms. The average molecular weight is 574 g/mol. The number of carbonyl (C=O) groups excluding carboxylic acids is 4. The van der Waals surface area contributed by atoms with Crippen LogP contribution in [0.15, 0.2) is 77.0 Å². The third kappa shape index (κ3) is 6.60. The quantitative estimate of drug-likeness (QED) is 0.143. The van der Waals surface area contributed by atoms with Gasteiger partial charge in [-0.15, -0.1) is 11.6 Å². The number of anilines is 1. The van der Waals surface area contributed by atoms with E-state index in [-0.39, 0.29) is 37.1 Å². The van der Waals surface area contributed by atoms with E-state index < -0.39 is 11.9 Å². The van der Waals surface area contributed by atoms with Crippen molar-refractivity contribution < 1.29 is 23.9 Å². The van der Waals surface area contributed by atoms with Gasteiger partial charge in [-0.2, -0.15) is 10.2 Å². The molecular weight excluding hydrogens is 546 g/mol. The van der Waals surface area contributed by atoms with Crippen molar-refractivity contribution in [2.24, 2.45) is 10.2 Å². The maximum Gasteiger partial charge on any atom is 0.255 e. The molecule has 0 saturated carbocycles. The number of hydrogen-bond acceptors (Lipinski definition) is 7. The van der Waals surface area contributed by atoms with Crippen LogP contribution < -0.4 is 15.4 Å². The number of nitrogens with zero attached hydrogens (tertiary/aromatic N) is 3. The fourth-order valence-corrected chi connectivity index (χ4v) is 4.88. The van der Waals surface area contributed by atoms with Crippen molar-refractivity contribution in [1.82, 2.24) is 10.2 Å². The highest BCUT2D eigenvalue weighted by atomic mass is 35.5. The molecule has 2 heterocycles. The Morgan fingerprint density at radius 1 is 0.976 bits per heavy atom. The lowest BCUT2D eigenvalue weighted by atomic mass is 10.0. The van der Waals surface area contributed by atoms with Gasteiger partial charge in [0.25, 0.3) is 11.8 Å². The van der Waals surface area contributed by atoms with E-state index in [4.69, 9.17) is 16.3 Å². The maximum atomic E-state index is 13.0. The third-order valence-electron chi connectivity index (χ3n) is 6.87. The van der Waals surface area contributed by atoms with Gasteiger partial charge in [0.1, 0.15) is 11.8 Å². The van der Waals surface area contributed by atoms with Crippen molar-refractivity contribution in [3.63, 3.8) is 0 Å². The Hall–Kier alpha value is -4.57. The number of hydrogen-bond donors (Lipinski definition) is 2. The Kier molecular flexibility index (Phi) is 8.69. The summed E-state index contributed by atoms with van der Waals surface area (Å²) < 4.78 is 5.66. The minimum Gasteiger partial charge on any atom is -0.494 e. The molecule has 3 aromatic carbocycles. The minimum atomic E-state index is -0.727. The average Bonchev–Trinajstić information content (AvgIpc) is 3.32. The summed E-state index contributed by atoms with van der Waals surface area (Å²) in [7, 11) is 0. The summed E-state index contributed by atoms with van der Waals surface area (Å²) >= 11 is 5.68. The van der Waals surface area contributed by atoms with Crippen molar-refractivity contribution in [2.45, 2.75) is 38.3 Å². The van der Waals surface area contributed by atoms with Crippen molar-refractivity contribution in [1.29, 1.82) is 0 Å². The van der Waals surface area contributed by atoms with E-state index in [1.165, 1.54) is 4.90 Å². The summed E-state index contributed by atoms with van der Waals surface area (Å²) in [4.78, 5) is 51.4. The smallest absolute Gasteiger partial charge is 0.255 e. The van der Waals surface area contributed by atoms with Gasteiger partial charge in [0.05, 0.1) is 18.0 Å². The first-order valence-corrected chi connectivity index (χ1v) is 13.8. The number of benzene rings is 3. The Morgan fingerprint density at radius 2 is 1.68 bits per heavy atom. The molecule has 3 aromatic rings. The van der Waals surface area contributed by atoms with Crippen LogP contribution in [0.25, 0.3) is 0 Å². The van der Waals surface area contributed by atoms with Gasteiger partial charge in [0, 0.05) is 41.2 Å². The fourth-order valence-electron chi connectivity index (χ4n) is 4.69. The number of alkyl halides is 1. The van der Waals surface area contributed by atoms with Gasteiger partial charge in [0.2, 0.25) is 11.8 Å². The van der Waals surface area contributed by atoms with Gasteiger partial charge < -0.3 is 15.0 Å². The molecular formula is C30H28ClN5O5. The van der Waals surface area contributed by atoms with Crippen LogP contribution in [0.4, 0.5) is 17.1 Å². The number of amides is 4. The van der Waals surface area contributed by atoms with Crippen molar-refractivity contribution >= 4 is 52.3 Å². The van der Waals surface area contributed by atoms with E-state index in [9.17, 15) is 19.2 Å². The number of imide groups is 1. The zero-order valence-corrected chi connectivity index (χ0v) is 22.9. The number of unbranched alkanes of at least 4 members (excludes halogenated alkanes) is 1. The van der Waals surface area contributed by atoms with E-state index in [1.807, 2.05) is 24.3 Å². The SMILES string of the molecule is O=C1CCC(N2Cc3c(NC(=O)c4ccc(N=Nc5ccc(OCCCCCl)cc5)cc4)cccc3C2=O)C(=O)N1. The standard InChI is InChI=1S/C30H28ClN5O5/c31-16-1-2-17-41-22-12-10-21(11-13-22)35-34-20-8-6-19(7-9-20)28(38)32-25-5-3-4-23-24(25)18-36(30(23)40)26-14-15-27(37)33-29(26)39/h3-13,26H,1-2,14-18H2,(H,32,38)(H,33,37,39). The molecule has 1 unspecified atom stereocenters. The summed E-state index contributed by atoms with van der Waals surface area (Å²) in [6, 6.07) is 18.3. The molecule has 210 valence electrons. The minimum absolute atomic E-state index is 0.164. The first-order chi connectivity index (χ1) is 19.9. The van der Waals surface area contributed by atoms with E-state index in [2.05, 4.69) is 20.9 Å². The van der Waals surface area contributed by atoms with Crippen LogP contribution >= 0.6 is 11.6 Å². The Balaban J connectivity index is 1.20. The van der Waals surface area contributed by atoms with E-state index in [0.717, 1.165) is 18.6 Å². The molecule has 1 saturated heterocycles. The summed E-state index contributed by atoms with van der Waals surface area (Å²) in [5, 5.41) is 13.6. The molecule has 2 N–H and O–H groups in total. The largest absolute Gasteiger partial charge is 0.494 e. The van der Waals surface area contributed by atoms with Gasteiger partial charge >= 0.3 is 0 Å². The van der Waals surface area contributed by atoms with E-state index in [0.29, 0.717) is 46.2 Å². The van der Waals surface area contributed by atoms with Crippen molar-refractivity contribution in [3.8, 4) is 5.75 Å². The Bertz CT molecular complexity index is 1490. The number of rotatable bonds is 10. The molecule has 41 heavy (non-hydrogen) atoms. The topological polar surface area (TPSA) is 130 Å². The van der Waals surface area contributed by atoms with Gasteiger partial charge in [-0.05, 0) is 79.9 Å². The van der Waals surface area contributed by atoms with Crippen LogP contribution in [0.2, 0.25) is 0 Å². The zero-order chi connectivity index (χ0) is 28.8. The van der Waals surface area contributed by atoms with Crippen LogP contribution in [-0.4, -0.2) is 47.1 Å². The van der Waals surface area contributed by atoms with E-state index >= 15 is 0 Å². The second kappa shape index (κ2) is 12.7. The molecule has 2 aliphatic heterocycles. The lowest BCUT2D eigenvalue weighted by Crippen LogP contribution is -2.52. The normalized spacial score (nSPS) is 16.6. The van der Waals surface area contributed by atoms with Crippen molar-refractivity contribution in [2.75, 3.05) is 17.8 Å². The molecule has 4 amide bonds. The predicted molar refractivity (Wildman–Crippen MR) is 153 cm³/mol. The summed E-state index contributed by atoms with van der Waals surface area (Å²) in [6.07, 6.45) is 2.25. The number of carbonyl (C=O) groups is 4. The number of halogens is 1. The highest BCUT2D eigenvalue weighted by Gasteiger charge is 2.40. The lowest BCUT2D eigenvalue weighted by molar-refractivity contribution is -0.136. The van der Waals surface area contributed by atoms with Crippen LogP contribution in [-0.2, 0) is 16.1 Å². The highest BCUT2D eigenvalue weighted by Crippen LogP contribution is 2.32. The first-order valence-electron chi connectivity index (χ1n) is 13.3. The molecule has 0 radical (unpaired) electrons. The second-order valence-corrected chi connectivity index (χ2v) is 10.0. The van der Waals surface area contributed by atoms with E-state index in [1.54, 1.807) is 42.5 Å². The molecule has 0 aliphatic carbocycles. The van der Waals surface area contributed by atoms with Crippen LogP contribution in [0.3, 0.4) is 0 Å². The Labute approximate surface area is 241 Å². The molecule has 0 aromatic heterocycles. The maximum absolute atomic E-state index is 13.0. The molecule has 10 nitrogen and oxygen atoms in total. The van der Waals surface area contributed by atoms with Gasteiger partial charge in [-0.3, -0.25) is 24.5 Å². The number of fused-ring (bicyclic) bond motifs is 1. The van der Waals surface area contributed by atoms with Crippen molar-refractivity contribution in [3.05, 3.63) is 83.4 Å². The predicted octanol–water partition coefficient (Wildman–Crippen LogP) is 5.51. The molecule has 5 rings (SSSR count). The molecule has 0 spiro atoms. The Morgan fingerprint density at radius 3 is 2.37 bits per heavy atom. The molecule has 1 fully saturated rings.